The van der Waals surface area contributed by atoms with E-state index in [2.05, 4.69) is 10.5 Å². The smallest absolute Gasteiger partial charge is 0.267 e. The summed E-state index contributed by atoms with van der Waals surface area (Å²) in [7, 11) is 0. The van der Waals surface area contributed by atoms with Gasteiger partial charge in [-0.1, -0.05) is 12.1 Å². The summed E-state index contributed by atoms with van der Waals surface area (Å²) in [6, 6.07) is 9.11. The zero-order valence-corrected chi connectivity index (χ0v) is 11.9. The van der Waals surface area contributed by atoms with E-state index in [-0.39, 0.29) is 11.3 Å². The molecule has 24 heavy (non-hydrogen) atoms. The number of rotatable bonds is 4. The fourth-order valence-corrected chi connectivity index (χ4v) is 1.72. The van der Waals surface area contributed by atoms with Gasteiger partial charge >= 0.3 is 6.18 Å². The molecule has 0 bridgehead atoms. The van der Waals surface area contributed by atoms with Crippen molar-refractivity contribution in [3.05, 3.63) is 75.3 Å². The Labute approximate surface area is 133 Å². The van der Waals surface area contributed by atoms with Gasteiger partial charge in [-0.25, -0.2) is 5.43 Å². The third-order valence-corrected chi connectivity index (χ3v) is 2.96. The molecule has 0 saturated heterocycles. The monoisotopic (exact) mass is 337 g/mol. The van der Waals surface area contributed by atoms with Crippen LogP contribution < -0.4 is 5.43 Å². The van der Waals surface area contributed by atoms with Gasteiger partial charge in [-0.05, 0) is 29.8 Å². The Morgan fingerprint density at radius 1 is 1.08 bits per heavy atom. The molecule has 0 aliphatic carbocycles. The lowest BCUT2D eigenvalue weighted by Crippen LogP contribution is -2.17. The minimum Gasteiger partial charge on any atom is -0.267 e. The van der Waals surface area contributed by atoms with Crippen molar-refractivity contribution in [3.63, 3.8) is 0 Å². The molecule has 0 heterocycles. The number of alkyl halides is 3. The van der Waals surface area contributed by atoms with Crippen LogP contribution >= 0.6 is 0 Å². The molecule has 0 aromatic heterocycles. The lowest BCUT2D eigenvalue weighted by atomic mass is 10.1. The number of carbonyl (C=O) groups is 1. The van der Waals surface area contributed by atoms with Crippen molar-refractivity contribution in [2.75, 3.05) is 0 Å². The molecule has 2 rings (SSSR count). The molecule has 2 aromatic carbocycles. The van der Waals surface area contributed by atoms with E-state index in [0.29, 0.717) is 5.56 Å². The molecule has 0 aliphatic heterocycles. The lowest BCUT2D eigenvalue weighted by molar-refractivity contribution is -0.384. The average Bonchev–Trinajstić information content (AvgIpc) is 2.54. The van der Waals surface area contributed by atoms with Crippen LogP contribution in [0.3, 0.4) is 0 Å². The highest BCUT2D eigenvalue weighted by Gasteiger charge is 2.29. The predicted octanol–water partition coefficient (Wildman–Crippen LogP) is 3.38. The van der Waals surface area contributed by atoms with Crippen LogP contribution in [-0.4, -0.2) is 17.0 Å². The number of nitro groups is 1. The molecule has 0 radical (unpaired) electrons. The molecule has 2 aromatic rings. The van der Waals surface area contributed by atoms with E-state index < -0.39 is 22.6 Å². The molecule has 0 fully saturated rings. The molecular formula is C15H10F3N3O3. The summed E-state index contributed by atoms with van der Waals surface area (Å²) in [4.78, 5) is 21.7. The summed E-state index contributed by atoms with van der Waals surface area (Å²) in [5.41, 5.74) is 1.77. The number of hydrazone groups is 1. The fourth-order valence-electron chi connectivity index (χ4n) is 1.72. The highest BCUT2D eigenvalue weighted by Crippen LogP contribution is 2.28. The van der Waals surface area contributed by atoms with E-state index in [1.54, 1.807) is 0 Å². The van der Waals surface area contributed by atoms with Gasteiger partial charge in [0.05, 0.1) is 16.7 Å². The van der Waals surface area contributed by atoms with Crippen molar-refractivity contribution >= 4 is 17.8 Å². The first kappa shape index (κ1) is 17.1. The van der Waals surface area contributed by atoms with Gasteiger partial charge in [0, 0.05) is 17.7 Å². The number of amides is 1. The van der Waals surface area contributed by atoms with Crippen LogP contribution in [0.25, 0.3) is 0 Å². The van der Waals surface area contributed by atoms with Crippen LogP contribution in [0.2, 0.25) is 0 Å². The molecule has 1 amide bonds. The maximum Gasteiger partial charge on any atom is 0.416 e. The molecule has 9 heteroatoms. The number of hydrogen-bond donors (Lipinski definition) is 1. The third kappa shape index (κ3) is 4.38. The van der Waals surface area contributed by atoms with Gasteiger partial charge in [-0.2, -0.15) is 18.3 Å². The van der Waals surface area contributed by atoms with Crippen LogP contribution in [0.1, 0.15) is 21.5 Å². The number of halogens is 3. The Balaban J connectivity index is 1.98. The first-order chi connectivity index (χ1) is 11.3. The number of nitrogens with one attached hydrogen (secondary N) is 1. The molecule has 6 nitrogen and oxygen atoms in total. The number of benzene rings is 2. The Morgan fingerprint density at radius 2 is 1.67 bits per heavy atom. The van der Waals surface area contributed by atoms with Crippen molar-refractivity contribution in [1.82, 2.24) is 5.43 Å². The number of nitrogens with zero attached hydrogens (tertiary/aromatic N) is 2. The van der Waals surface area contributed by atoms with E-state index in [1.165, 1.54) is 42.6 Å². The van der Waals surface area contributed by atoms with Gasteiger partial charge in [0.2, 0.25) is 0 Å². The maximum atomic E-state index is 12.4. The van der Waals surface area contributed by atoms with E-state index in [1.807, 2.05) is 0 Å². The highest BCUT2D eigenvalue weighted by atomic mass is 19.4. The molecule has 1 N–H and O–H groups in total. The van der Waals surface area contributed by atoms with E-state index >= 15 is 0 Å². The van der Waals surface area contributed by atoms with Gasteiger partial charge < -0.3 is 0 Å². The standard InChI is InChI=1S/C15H10F3N3O3/c16-15(17,18)12-5-1-10(2-6-12)9-19-20-14(22)11-3-7-13(8-4-11)21(23)24/h1-9H,(H,20,22). The number of nitro benzene ring substituents is 1. The topological polar surface area (TPSA) is 84.6 Å². The number of carbonyl (C=O) groups excluding carboxylic acids is 1. The zero-order valence-electron chi connectivity index (χ0n) is 11.9. The van der Waals surface area contributed by atoms with Crippen LogP contribution in [0.5, 0.6) is 0 Å². The summed E-state index contributed by atoms with van der Waals surface area (Å²) in [6.07, 6.45) is -3.23. The SMILES string of the molecule is O=C(NN=Cc1ccc(C(F)(F)F)cc1)c1ccc([N+](=O)[O-])cc1. The molecule has 0 atom stereocenters. The van der Waals surface area contributed by atoms with Gasteiger partial charge in [0.1, 0.15) is 0 Å². The molecule has 0 aliphatic rings. The fraction of sp³-hybridized carbons (Fsp3) is 0.0667. The van der Waals surface area contributed by atoms with Crippen LogP contribution in [-0.2, 0) is 6.18 Å². The van der Waals surface area contributed by atoms with Gasteiger partial charge in [0.15, 0.2) is 0 Å². The quantitative estimate of drug-likeness (QED) is 0.527. The predicted molar refractivity (Wildman–Crippen MR) is 79.6 cm³/mol. The van der Waals surface area contributed by atoms with Gasteiger partial charge in [-0.3, -0.25) is 14.9 Å². The van der Waals surface area contributed by atoms with Crippen molar-refractivity contribution in [1.29, 1.82) is 0 Å². The summed E-state index contributed by atoms with van der Waals surface area (Å²) < 4.78 is 37.2. The van der Waals surface area contributed by atoms with Crippen molar-refractivity contribution in [3.8, 4) is 0 Å². The second kappa shape index (κ2) is 6.90. The van der Waals surface area contributed by atoms with Crippen molar-refractivity contribution in [2.45, 2.75) is 6.18 Å². The second-order valence-corrected chi connectivity index (χ2v) is 4.62. The number of non-ortho nitro benzene ring substituents is 1. The summed E-state index contributed by atoms with van der Waals surface area (Å²) >= 11 is 0. The molecule has 0 unspecified atom stereocenters. The van der Waals surface area contributed by atoms with Crippen LogP contribution in [0, 0.1) is 10.1 Å². The lowest BCUT2D eigenvalue weighted by Gasteiger charge is -2.05. The second-order valence-electron chi connectivity index (χ2n) is 4.62. The normalized spacial score (nSPS) is 11.5. The molecule has 0 saturated carbocycles. The minimum absolute atomic E-state index is 0.153. The van der Waals surface area contributed by atoms with Gasteiger partial charge in [0.25, 0.3) is 11.6 Å². The zero-order chi connectivity index (χ0) is 17.7. The largest absolute Gasteiger partial charge is 0.416 e. The summed E-state index contributed by atoms with van der Waals surface area (Å²) in [5.74, 6) is -0.604. The molecule has 0 spiro atoms. The van der Waals surface area contributed by atoms with E-state index in [4.69, 9.17) is 0 Å². The maximum absolute atomic E-state index is 12.4. The van der Waals surface area contributed by atoms with Gasteiger partial charge in [-0.15, -0.1) is 0 Å². The average molecular weight is 337 g/mol. The summed E-state index contributed by atoms with van der Waals surface area (Å²) in [5, 5.41) is 14.1. The van der Waals surface area contributed by atoms with Crippen molar-refractivity contribution < 1.29 is 22.9 Å². The first-order valence-electron chi connectivity index (χ1n) is 6.52. The van der Waals surface area contributed by atoms with E-state index in [9.17, 15) is 28.1 Å². The Kier molecular flexibility index (Phi) is 4.93. The third-order valence-electron chi connectivity index (χ3n) is 2.96. The minimum atomic E-state index is -4.42. The highest BCUT2D eigenvalue weighted by molar-refractivity contribution is 5.95. The van der Waals surface area contributed by atoms with Crippen LogP contribution in [0.15, 0.2) is 53.6 Å². The molecule has 124 valence electrons. The van der Waals surface area contributed by atoms with Crippen LogP contribution in [0.4, 0.5) is 18.9 Å². The van der Waals surface area contributed by atoms with E-state index in [0.717, 1.165) is 12.1 Å². The molecular weight excluding hydrogens is 327 g/mol. The summed E-state index contributed by atoms with van der Waals surface area (Å²) in [6.45, 7) is 0. The Bertz CT molecular complexity index is 769. The Hall–Kier alpha value is -3.23. The van der Waals surface area contributed by atoms with Crippen molar-refractivity contribution in [2.24, 2.45) is 5.10 Å². The first-order valence-corrected chi connectivity index (χ1v) is 6.52. The Morgan fingerprint density at radius 3 is 2.17 bits per heavy atom. The number of hydrogen-bond acceptors (Lipinski definition) is 4.